The van der Waals surface area contributed by atoms with Gasteiger partial charge >= 0.3 is 0 Å². The van der Waals surface area contributed by atoms with Crippen LogP contribution in [0, 0.1) is 6.92 Å². The van der Waals surface area contributed by atoms with E-state index in [4.69, 9.17) is 11.6 Å². The fraction of sp³-hybridized carbons (Fsp3) is 0.333. The number of hydrogen-bond donors (Lipinski definition) is 1. The van der Waals surface area contributed by atoms with Crippen molar-refractivity contribution >= 4 is 23.4 Å². The third-order valence-corrected chi connectivity index (χ3v) is 6.29. The van der Waals surface area contributed by atoms with E-state index in [9.17, 15) is 9.59 Å². The van der Waals surface area contributed by atoms with Gasteiger partial charge in [-0.3, -0.25) is 9.59 Å². The van der Waals surface area contributed by atoms with E-state index in [1.54, 1.807) is 23.9 Å². The van der Waals surface area contributed by atoms with Crippen LogP contribution in [0.3, 0.4) is 0 Å². The summed E-state index contributed by atoms with van der Waals surface area (Å²) in [5.74, 6) is -0.140. The molecular formula is C24H27ClN4O2. The average Bonchev–Trinajstić information content (AvgIpc) is 3.27. The number of nitrogens with zero attached hydrogens (tertiary/aromatic N) is 3. The molecule has 6 nitrogen and oxygen atoms in total. The zero-order valence-corrected chi connectivity index (χ0v) is 18.8. The standard InChI is InChI=1S/C24H27ClN4O2/c1-16-12-18(14-27(16)2)24(31)29-11-9-17-6-4-5-7-20(17)21(29)8-10-26-23(30)22-13-19(25)15-28(22)3/h4-7,12-15,21H,8-11H2,1-3H3,(H,26,30). The van der Waals surface area contributed by atoms with Gasteiger partial charge in [0.15, 0.2) is 0 Å². The molecule has 1 N–H and O–H groups in total. The highest BCUT2D eigenvalue weighted by atomic mass is 35.5. The first kappa shape index (κ1) is 21.2. The van der Waals surface area contributed by atoms with E-state index in [2.05, 4.69) is 17.4 Å². The molecule has 3 aromatic rings. The summed E-state index contributed by atoms with van der Waals surface area (Å²) < 4.78 is 3.67. The fourth-order valence-corrected chi connectivity index (χ4v) is 4.58. The Bertz CT molecular complexity index is 1110. The minimum Gasteiger partial charge on any atom is -0.354 e. The van der Waals surface area contributed by atoms with E-state index in [0.717, 1.165) is 17.7 Å². The highest BCUT2D eigenvalue weighted by molar-refractivity contribution is 6.31. The summed E-state index contributed by atoms with van der Waals surface area (Å²) in [6.45, 7) is 3.11. The lowest BCUT2D eigenvalue weighted by atomic mass is 9.90. The molecule has 162 valence electrons. The van der Waals surface area contributed by atoms with Crippen LogP contribution in [0.5, 0.6) is 0 Å². The number of nitrogens with one attached hydrogen (secondary N) is 1. The molecule has 0 saturated heterocycles. The minimum atomic E-state index is -0.171. The van der Waals surface area contributed by atoms with Crippen molar-refractivity contribution in [3.05, 3.63) is 81.9 Å². The molecule has 1 unspecified atom stereocenters. The van der Waals surface area contributed by atoms with Crippen molar-refractivity contribution in [2.24, 2.45) is 14.1 Å². The van der Waals surface area contributed by atoms with Gasteiger partial charge in [0, 0.05) is 45.3 Å². The van der Waals surface area contributed by atoms with Crippen LogP contribution in [0.4, 0.5) is 0 Å². The molecule has 31 heavy (non-hydrogen) atoms. The van der Waals surface area contributed by atoms with Crippen LogP contribution < -0.4 is 5.32 Å². The molecule has 1 aliphatic rings. The molecule has 0 radical (unpaired) electrons. The molecule has 4 rings (SSSR count). The zero-order valence-electron chi connectivity index (χ0n) is 18.1. The molecule has 3 heterocycles. The summed E-state index contributed by atoms with van der Waals surface area (Å²) in [6, 6.07) is 11.8. The Morgan fingerprint density at radius 1 is 1.13 bits per heavy atom. The predicted molar refractivity (Wildman–Crippen MR) is 121 cm³/mol. The highest BCUT2D eigenvalue weighted by Crippen LogP contribution is 2.33. The van der Waals surface area contributed by atoms with Crippen molar-refractivity contribution in [2.75, 3.05) is 13.1 Å². The van der Waals surface area contributed by atoms with E-state index in [1.165, 1.54) is 5.56 Å². The zero-order chi connectivity index (χ0) is 22.1. The maximum absolute atomic E-state index is 13.4. The lowest BCUT2D eigenvalue weighted by Crippen LogP contribution is -2.41. The van der Waals surface area contributed by atoms with Crippen molar-refractivity contribution in [3.8, 4) is 0 Å². The smallest absolute Gasteiger partial charge is 0.267 e. The molecule has 0 spiro atoms. The van der Waals surface area contributed by atoms with Gasteiger partial charge in [-0.05, 0) is 43.0 Å². The van der Waals surface area contributed by atoms with E-state index in [0.29, 0.717) is 35.8 Å². The van der Waals surface area contributed by atoms with E-state index in [-0.39, 0.29) is 17.9 Å². The summed E-state index contributed by atoms with van der Waals surface area (Å²) in [4.78, 5) is 27.9. The van der Waals surface area contributed by atoms with Gasteiger partial charge in [-0.25, -0.2) is 0 Å². The number of hydrogen-bond acceptors (Lipinski definition) is 2. The molecule has 0 saturated carbocycles. The first-order valence-electron chi connectivity index (χ1n) is 10.5. The Morgan fingerprint density at radius 2 is 1.90 bits per heavy atom. The van der Waals surface area contributed by atoms with Gasteiger partial charge in [0.2, 0.25) is 0 Å². The van der Waals surface area contributed by atoms with Crippen molar-refractivity contribution in [1.82, 2.24) is 19.4 Å². The van der Waals surface area contributed by atoms with Crippen molar-refractivity contribution in [3.63, 3.8) is 0 Å². The van der Waals surface area contributed by atoms with Crippen LogP contribution in [0.25, 0.3) is 0 Å². The molecule has 0 fully saturated rings. The Labute approximate surface area is 187 Å². The number of halogens is 1. The van der Waals surface area contributed by atoms with Crippen molar-refractivity contribution in [2.45, 2.75) is 25.8 Å². The second-order valence-corrected chi connectivity index (χ2v) is 8.58. The van der Waals surface area contributed by atoms with Crippen LogP contribution >= 0.6 is 11.6 Å². The average molecular weight is 439 g/mol. The Hall–Kier alpha value is -2.99. The summed E-state index contributed by atoms with van der Waals surface area (Å²) in [7, 11) is 3.74. The van der Waals surface area contributed by atoms with Crippen LogP contribution in [0.15, 0.2) is 48.8 Å². The number of aryl methyl sites for hydroxylation is 3. The first-order chi connectivity index (χ1) is 14.8. The second kappa shape index (κ2) is 8.63. The van der Waals surface area contributed by atoms with E-state index < -0.39 is 0 Å². The highest BCUT2D eigenvalue weighted by Gasteiger charge is 2.31. The monoisotopic (exact) mass is 438 g/mol. The minimum absolute atomic E-state index is 0.0312. The molecule has 0 bridgehead atoms. The van der Waals surface area contributed by atoms with Crippen LogP contribution in [-0.2, 0) is 20.5 Å². The number of carbonyl (C=O) groups excluding carboxylic acids is 2. The van der Waals surface area contributed by atoms with Gasteiger partial charge in [0.25, 0.3) is 11.8 Å². The largest absolute Gasteiger partial charge is 0.354 e. The lowest BCUT2D eigenvalue weighted by Gasteiger charge is -2.37. The van der Waals surface area contributed by atoms with Gasteiger partial charge in [-0.1, -0.05) is 35.9 Å². The molecule has 1 atom stereocenters. The second-order valence-electron chi connectivity index (χ2n) is 8.14. The van der Waals surface area contributed by atoms with Gasteiger partial charge < -0.3 is 19.4 Å². The number of aromatic nitrogens is 2. The van der Waals surface area contributed by atoms with Crippen LogP contribution in [0.2, 0.25) is 5.02 Å². The molecule has 1 aliphatic heterocycles. The Balaban J connectivity index is 1.53. The number of benzene rings is 1. The maximum Gasteiger partial charge on any atom is 0.267 e. The molecule has 7 heteroatoms. The maximum atomic E-state index is 13.4. The normalized spacial score (nSPS) is 15.6. The third kappa shape index (κ3) is 4.26. The summed E-state index contributed by atoms with van der Waals surface area (Å²) in [5.41, 5.74) is 4.69. The van der Waals surface area contributed by atoms with E-state index in [1.807, 2.05) is 47.8 Å². The van der Waals surface area contributed by atoms with Crippen molar-refractivity contribution in [1.29, 1.82) is 0 Å². The first-order valence-corrected chi connectivity index (χ1v) is 10.8. The predicted octanol–water partition coefficient (Wildman–Crippen LogP) is 3.89. The number of carbonyl (C=O) groups is 2. The number of fused-ring (bicyclic) bond motifs is 1. The topological polar surface area (TPSA) is 59.3 Å². The molecule has 2 amide bonds. The molecule has 1 aromatic carbocycles. The number of amides is 2. The SMILES string of the molecule is Cc1cc(C(=O)N2CCc3ccccc3C2CCNC(=O)c2cc(Cl)cn2C)cn1C. The van der Waals surface area contributed by atoms with Gasteiger partial charge in [-0.15, -0.1) is 0 Å². The Kier molecular flexibility index (Phi) is 5.92. The van der Waals surface area contributed by atoms with Gasteiger partial charge in [0.05, 0.1) is 16.6 Å². The molecule has 0 aliphatic carbocycles. The summed E-state index contributed by atoms with van der Waals surface area (Å²) >= 11 is 6.00. The fourth-order valence-electron chi connectivity index (χ4n) is 4.33. The van der Waals surface area contributed by atoms with Gasteiger partial charge in [-0.2, -0.15) is 0 Å². The van der Waals surface area contributed by atoms with Gasteiger partial charge in [0.1, 0.15) is 5.69 Å². The molecular weight excluding hydrogens is 412 g/mol. The number of rotatable bonds is 5. The quantitative estimate of drug-likeness (QED) is 0.657. The Morgan fingerprint density at radius 3 is 2.58 bits per heavy atom. The van der Waals surface area contributed by atoms with E-state index >= 15 is 0 Å². The summed E-state index contributed by atoms with van der Waals surface area (Å²) in [5, 5.41) is 3.51. The van der Waals surface area contributed by atoms with Crippen LogP contribution in [-0.4, -0.2) is 38.9 Å². The summed E-state index contributed by atoms with van der Waals surface area (Å²) in [6.07, 6.45) is 5.06. The lowest BCUT2D eigenvalue weighted by molar-refractivity contribution is 0.0650. The third-order valence-electron chi connectivity index (χ3n) is 6.08. The van der Waals surface area contributed by atoms with Crippen molar-refractivity contribution < 1.29 is 9.59 Å². The van der Waals surface area contributed by atoms with Crippen LogP contribution in [0.1, 0.15) is 50.1 Å². The molecule has 2 aromatic heterocycles.